The lowest BCUT2D eigenvalue weighted by atomic mass is 10.1. The Labute approximate surface area is 77.7 Å². The van der Waals surface area contributed by atoms with Crippen LogP contribution in [0.1, 0.15) is 11.1 Å². The van der Waals surface area contributed by atoms with Crippen molar-refractivity contribution in [2.45, 2.75) is 20.2 Å². The van der Waals surface area contributed by atoms with Crippen LogP contribution in [0.15, 0.2) is 12.1 Å². The van der Waals surface area contributed by atoms with E-state index >= 15 is 0 Å². The lowest BCUT2D eigenvalue weighted by Gasteiger charge is -2.14. The first kappa shape index (κ1) is 9.83. The summed E-state index contributed by atoms with van der Waals surface area (Å²) in [4.78, 5) is 0. The van der Waals surface area contributed by atoms with Crippen molar-refractivity contribution in [1.29, 1.82) is 0 Å². The minimum atomic E-state index is -0.805. The van der Waals surface area contributed by atoms with Gasteiger partial charge in [-0.25, -0.2) is 0 Å². The molecule has 0 aromatic heterocycles. The third-order valence-electron chi connectivity index (χ3n) is 1.95. The number of ether oxygens (including phenoxy) is 1. The van der Waals surface area contributed by atoms with E-state index in [9.17, 15) is 0 Å². The Balaban J connectivity index is 3.04. The molecule has 0 aliphatic carbocycles. The Hall–Kier alpha value is -1.26. The molecular weight excluding hydrogens is 166 g/mol. The van der Waals surface area contributed by atoms with Gasteiger partial charge in [-0.2, -0.15) is 0 Å². The van der Waals surface area contributed by atoms with Crippen LogP contribution in [0.3, 0.4) is 0 Å². The number of nitrogen functional groups attached to an aromatic ring is 1. The average molecular weight is 181 g/mol. The van der Waals surface area contributed by atoms with Crippen LogP contribution in [-0.2, 0) is 0 Å². The molecule has 0 saturated heterocycles. The normalized spacial score (nSPS) is 10.5. The Morgan fingerprint density at radius 2 is 1.85 bits per heavy atom. The fourth-order valence-corrected chi connectivity index (χ4v) is 1.12. The Morgan fingerprint density at radius 1 is 1.23 bits per heavy atom. The van der Waals surface area contributed by atoms with Gasteiger partial charge in [-0.15, -0.1) is 0 Å². The molecule has 0 fully saturated rings. The van der Waals surface area contributed by atoms with Crippen LogP contribution in [0.2, 0.25) is 0 Å². The predicted octanol–water partition coefficient (Wildman–Crippen LogP) is 0.465. The summed E-state index contributed by atoms with van der Waals surface area (Å²) in [5.74, 6) is 0.637. The van der Waals surface area contributed by atoms with E-state index in [0.717, 1.165) is 16.8 Å². The number of benzene rings is 1. The zero-order valence-electron chi connectivity index (χ0n) is 7.87. The number of nitrogens with two attached hydrogens (primary N) is 3. The maximum atomic E-state index is 5.80. The van der Waals surface area contributed by atoms with E-state index in [1.165, 1.54) is 0 Å². The molecule has 0 saturated carbocycles. The van der Waals surface area contributed by atoms with Gasteiger partial charge >= 0.3 is 0 Å². The fraction of sp³-hybridized carbons (Fsp3) is 0.333. The maximum Gasteiger partial charge on any atom is 0.202 e. The number of hydrogen-bond acceptors (Lipinski definition) is 4. The Kier molecular flexibility index (Phi) is 2.75. The molecule has 72 valence electrons. The van der Waals surface area contributed by atoms with Crippen molar-refractivity contribution in [2.24, 2.45) is 11.5 Å². The van der Waals surface area contributed by atoms with Crippen molar-refractivity contribution in [2.75, 3.05) is 5.73 Å². The molecule has 0 heterocycles. The second-order valence-corrected chi connectivity index (χ2v) is 3.00. The molecule has 0 atom stereocenters. The highest BCUT2D eigenvalue weighted by Gasteiger charge is 2.06. The molecule has 6 N–H and O–H groups in total. The van der Waals surface area contributed by atoms with Crippen LogP contribution in [0.25, 0.3) is 0 Å². The van der Waals surface area contributed by atoms with Gasteiger partial charge < -0.3 is 10.5 Å². The first-order valence-corrected chi connectivity index (χ1v) is 4.06. The van der Waals surface area contributed by atoms with Gasteiger partial charge in [0.05, 0.1) is 0 Å². The van der Waals surface area contributed by atoms with Crippen molar-refractivity contribution in [3.05, 3.63) is 23.3 Å². The molecule has 4 heteroatoms. The smallest absolute Gasteiger partial charge is 0.202 e. The molecule has 4 nitrogen and oxygen atoms in total. The highest BCUT2D eigenvalue weighted by atomic mass is 16.5. The molecule has 0 bridgehead atoms. The van der Waals surface area contributed by atoms with Crippen molar-refractivity contribution in [1.82, 2.24) is 0 Å². The summed E-state index contributed by atoms with van der Waals surface area (Å²) in [6, 6.07) is 3.69. The largest absolute Gasteiger partial charge is 0.462 e. The van der Waals surface area contributed by atoms with E-state index < -0.39 is 6.35 Å². The molecule has 0 radical (unpaired) electrons. The quantitative estimate of drug-likeness (QED) is 0.457. The molecule has 0 aliphatic heterocycles. The van der Waals surface area contributed by atoms with Gasteiger partial charge in [0.1, 0.15) is 5.75 Å². The number of hydrogen-bond donors (Lipinski definition) is 3. The second-order valence-electron chi connectivity index (χ2n) is 3.00. The van der Waals surface area contributed by atoms with Gasteiger partial charge in [0.25, 0.3) is 0 Å². The molecule has 1 aromatic rings. The Bertz CT molecular complexity index is 310. The third-order valence-corrected chi connectivity index (χ3v) is 1.95. The van der Waals surface area contributed by atoms with Gasteiger partial charge in [-0.1, -0.05) is 6.07 Å². The monoisotopic (exact) mass is 181 g/mol. The summed E-state index contributed by atoms with van der Waals surface area (Å²) < 4.78 is 5.16. The zero-order chi connectivity index (χ0) is 10.0. The van der Waals surface area contributed by atoms with E-state index in [1.54, 1.807) is 0 Å². The summed E-state index contributed by atoms with van der Waals surface area (Å²) in [5.41, 5.74) is 19.0. The molecule has 0 spiro atoms. The van der Waals surface area contributed by atoms with Gasteiger partial charge in [0, 0.05) is 11.3 Å². The zero-order valence-corrected chi connectivity index (χ0v) is 7.87. The highest BCUT2D eigenvalue weighted by Crippen LogP contribution is 2.26. The van der Waals surface area contributed by atoms with Crippen LogP contribution >= 0.6 is 0 Å². The molecular formula is C9H15N3O. The van der Waals surface area contributed by atoms with Crippen LogP contribution in [0.4, 0.5) is 5.69 Å². The SMILES string of the molecule is Cc1ccc(OC(N)N)c(C)c1N. The van der Waals surface area contributed by atoms with Gasteiger partial charge in [0.2, 0.25) is 6.35 Å². The molecule has 0 amide bonds. The standard InChI is InChI=1S/C9H15N3O/c1-5-3-4-7(13-9(11)12)6(2)8(5)10/h3-4,9H,10-12H2,1-2H3. The molecule has 1 aromatic carbocycles. The van der Waals surface area contributed by atoms with Crippen LogP contribution < -0.4 is 21.9 Å². The summed E-state index contributed by atoms with van der Waals surface area (Å²) in [7, 11) is 0. The number of anilines is 1. The lowest BCUT2D eigenvalue weighted by molar-refractivity contribution is 0.216. The van der Waals surface area contributed by atoms with Crippen molar-refractivity contribution in [3.8, 4) is 5.75 Å². The first-order chi connectivity index (χ1) is 6.02. The average Bonchev–Trinajstić information content (AvgIpc) is 2.06. The summed E-state index contributed by atoms with van der Waals surface area (Å²) >= 11 is 0. The van der Waals surface area contributed by atoms with E-state index in [4.69, 9.17) is 21.9 Å². The number of aryl methyl sites for hydroxylation is 1. The fourth-order valence-electron chi connectivity index (χ4n) is 1.12. The van der Waals surface area contributed by atoms with E-state index in [1.807, 2.05) is 26.0 Å². The van der Waals surface area contributed by atoms with Crippen molar-refractivity contribution in [3.63, 3.8) is 0 Å². The van der Waals surface area contributed by atoms with E-state index in [2.05, 4.69) is 0 Å². The van der Waals surface area contributed by atoms with Crippen LogP contribution in [0.5, 0.6) is 5.75 Å². The highest BCUT2D eigenvalue weighted by molar-refractivity contribution is 5.58. The van der Waals surface area contributed by atoms with Gasteiger partial charge in [-0.3, -0.25) is 11.5 Å². The lowest BCUT2D eigenvalue weighted by Crippen LogP contribution is -2.36. The summed E-state index contributed by atoms with van der Waals surface area (Å²) in [6.07, 6.45) is -0.805. The van der Waals surface area contributed by atoms with E-state index in [-0.39, 0.29) is 0 Å². The first-order valence-electron chi connectivity index (χ1n) is 4.06. The van der Waals surface area contributed by atoms with Crippen molar-refractivity contribution < 1.29 is 4.74 Å². The topological polar surface area (TPSA) is 87.3 Å². The summed E-state index contributed by atoms with van der Waals surface area (Å²) in [5, 5.41) is 0. The minimum Gasteiger partial charge on any atom is -0.462 e. The van der Waals surface area contributed by atoms with E-state index in [0.29, 0.717) is 5.75 Å². The number of rotatable bonds is 2. The molecule has 0 unspecified atom stereocenters. The van der Waals surface area contributed by atoms with Crippen LogP contribution in [0, 0.1) is 13.8 Å². The van der Waals surface area contributed by atoms with Gasteiger partial charge in [0.15, 0.2) is 0 Å². The molecule has 0 aliphatic rings. The second kappa shape index (κ2) is 3.64. The Morgan fingerprint density at radius 3 is 2.38 bits per heavy atom. The van der Waals surface area contributed by atoms with Crippen molar-refractivity contribution >= 4 is 5.69 Å². The van der Waals surface area contributed by atoms with Gasteiger partial charge in [-0.05, 0) is 25.5 Å². The van der Waals surface area contributed by atoms with Crippen LogP contribution in [-0.4, -0.2) is 6.35 Å². The minimum absolute atomic E-state index is 0.637. The third kappa shape index (κ3) is 2.11. The maximum absolute atomic E-state index is 5.80. The predicted molar refractivity (Wildman–Crippen MR) is 53.1 cm³/mol. The molecule has 1 rings (SSSR count). The summed E-state index contributed by atoms with van der Waals surface area (Å²) in [6.45, 7) is 3.81. The molecule has 13 heavy (non-hydrogen) atoms.